The highest BCUT2D eigenvalue weighted by atomic mass is 35.5. The number of halogens is 1. The van der Waals surface area contributed by atoms with Gasteiger partial charge in [-0.3, -0.25) is 4.79 Å². The third-order valence-electron chi connectivity index (χ3n) is 4.11. The number of anilines is 2. The van der Waals surface area contributed by atoms with Gasteiger partial charge >= 0.3 is 0 Å². The van der Waals surface area contributed by atoms with Crippen molar-refractivity contribution < 1.29 is 13.2 Å². The molecule has 2 heterocycles. The predicted molar refractivity (Wildman–Crippen MR) is 105 cm³/mol. The van der Waals surface area contributed by atoms with Crippen LogP contribution in [0, 0.1) is 6.92 Å². The van der Waals surface area contributed by atoms with Gasteiger partial charge in [0, 0.05) is 17.0 Å². The Hall–Kier alpha value is -2.03. The SMILES string of the molecule is Cc1ccc(NC(=O)c2ccc3c(c2)SC2=NS(=O)(=O)CCN23)c(Cl)c1. The van der Waals surface area contributed by atoms with E-state index >= 15 is 0 Å². The number of fused-ring (bicyclic) bond motifs is 3. The Kier molecular flexibility index (Phi) is 4.21. The van der Waals surface area contributed by atoms with Gasteiger partial charge in [0.1, 0.15) is 0 Å². The number of nitrogens with one attached hydrogen (secondary N) is 1. The van der Waals surface area contributed by atoms with E-state index in [0.717, 1.165) is 16.1 Å². The van der Waals surface area contributed by atoms with Crippen LogP contribution in [0.2, 0.25) is 5.02 Å². The smallest absolute Gasteiger partial charge is 0.257 e. The second-order valence-electron chi connectivity index (χ2n) is 6.03. The molecule has 0 atom stereocenters. The van der Waals surface area contributed by atoms with Crippen molar-refractivity contribution in [3.8, 4) is 0 Å². The number of benzene rings is 2. The third-order valence-corrected chi connectivity index (χ3v) is 6.73. The summed E-state index contributed by atoms with van der Waals surface area (Å²) in [6.45, 7) is 2.29. The molecule has 0 aliphatic carbocycles. The quantitative estimate of drug-likeness (QED) is 0.824. The van der Waals surface area contributed by atoms with Crippen LogP contribution in [0.15, 0.2) is 45.7 Å². The van der Waals surface area contributed by atoms with E-state index in [-0.39, 0.29) is 11.7 Å². The Balaban J connectivity index is 1.60. The van der Waals surface area contributed by atoms with Gasteiger partial charge in [0.15, 0.2) is 5.17 Å². The lowest BCUT2D eigenvalue weighted by molar-refractivity contribution is 0.102. The van der Waals surface area contributed by atoms with E-state index in [9.17, 15) is 13.2 Å². The van der Waals surface area contributed by atoms with Gasteiger partial charge in [0.2, 0.25) is 0 Å². The molecule has 0 bridgehead atoms. The van der Waals surface area contributed by atoms with Crippen LogP contribution in [0.1, 0.15) is 15.9 Å². The Morgan fingerprint density at radius 1 is 1.27 bits per heavy atom. The molecule has 0 saturated carbocycles. The minimum Gasteiger partial charge on any atom is -0.321 e. The molecular formula is C17H14ClN3O3S2. The summed E-state index contributed by atoms with van der Waals surface area (Å²) in [6, 6.07) is 10.7. The Morgan fingerprint density at radius 3 is 2.85 bits per heavy atom. The largest absolute Gasteiger partial charge is 0.321 e. The zero-order chi connectivity index (χ0) is 18.5. The second-order valence-corrected chi connectivity index (χ2v) is 9.20. The van der Waals surface area contributed by atoms with Crippen LogP contribution in [-0.2, 0) is 10.0 Å². The Morgan fingerprint density at radius 2 is 2.08 bits per heavy atom. The van der Waals surface area contributed by atoms with Gasteiger partial charge in [-0.25, -0.2) is 8.42 Å². The summed E-state index contributed by atoms with van der Waals surface area (Å²) in [6.07, 6.45) is 0. The number of thioether (sulfide) groups is 1. The molecule has 0 fully saturated rings. The number of carbonyl (C=O) groups is 1. The average molecular weight is 408 g/mol. The van der Waals surface area contributed by atoms with E-state index in [1.54, 1.807) is 24.3 Å². The van der Waals surface area contributed by atoms with Gasteiger partial charge in [-0.05, 0) is 54.6 Å². The summed E-state index contributed by atoms with van der Waals surface area (Å²) in [4.78, 5) is 15.2. The first-order valence-electron chi connectivity index (χ1n) is 7.82. The molecular weight excluding hydrogens is 394 g/mol. The molecule has 0 aromatic heterocycles. The number of carbonyl (C=O) groups excluding carboxylic acids is 1. The van der Waals surface area contributed by atoms with Gasteiger partial charge in [-0.2, -0.15) is 0 Å². The predicted octanol–water partition coefficient (Wildman–Crippen LogP) is 3.51. The van der Waals surface area contributed by atoms with Gasteiger partial charge in [-0.15, -0.1) is 4.40 Å². The number of amidine groups is 1. The minimum atomic E-state index is -3.40. The van der Waals surface area contributed by atoms with E-state index in [2.05, 4.69) is 9.71 Å². The fourth-order valence-electron chi connectivity index (χ4n) is 2.79. The van der Waals surface area contributed by atoms with Gasteiger partial charge in [0.05, 0.1) is 22.2 Å². The summed E-state index contributed by atoms with van der Waals surface area (Å²) in [7, 11) is -3.40. The molecule has 0 saturated heterocycles. The van der Waals surface area contributed by atoms with Gasteiger partial charge < -0.3 is 10.2 Å². The van der Waals surface area contributed by atoms with Crippen molar-refractivity contribution in [3.05, 3.63) is 52.5 Å². The number of hydrogen-bond acceptors (Lipinski definition) is 5. The first-order chi connectivity index (χ1) is 12.3. The fourth-order valence-corrected chi connectivity index (χ4v) is 5.37. The maximum atomic E-state index is 12.5. The third kappa shape index (κ3) is 3.20. The highest BCUT2D eigenvalue weighted by Gasteiger charge is 2.33. The van der Waals surface area contributed by atoms with Crippen LogP contribution >= 0.6 is 23.4 Å². The number of hydrogen-bond donors (Lipinski definition) is 1. The molecule has 2 aromatic carbocycles. The molecule has 1 N–H and O–H groups in total. The standard InChI is InChI=1S/C17H14ClN3O3S2/c1-10-2-4-13(12(18)8-10)19-16(22)11-3-5-14-15(9-11)25-17-20-26(23,24)7-6-21(14)17/h2-5,8-9H,6-7H2,1H3,(H,19,22). The van der Waals surface area contributed by atoms with E-state index in [4.69, 9.17) is 11.6 Å². The van der Waals surface area contributed by atoms with Crippen LogP contribution < -0.4 is 10.2 Å². The average Bonchev–Trinajstić information content (AvgIpc) is 2.92. The number of aryl methyl sites for hydroxylation is 1. The van der Waals surface area contributed by atoms with E-state index in [0.29, 0.717) is 28.0 Å². The molecule has 1 amide bonds. The van der Waals surface area contributed by atoms with Crippen molar-refractivity contribution in [2.75, 3.05) is 22.5 Å². The zero-order valence-corrected chi connectivity index (χ0v) is 16.1. The van der Waals surface area contributed by atoms with Crippen LogP contribution in [0.25, 0.3) is 0 Å². The minimum absolute atomic E-state index is 0.00927. The Labute approximate surface area is 160 Å². The van der Waals surface area contributed by atoms with Crippen molar-refractivity contribution in [2.24, 2.45) is 4.40 Å². The van der Waals surface area contributed by atoms with Crippen molar-refractivity contribution in [3.63, 3.8) is 0 Å². The second kappa shape index (κ2) is 6.29. The molecule has 4 rings (SSSR count). The molecule has 0 unspecified atom stereocenters. The van der Waals surface area contributed by atoms with Crippen LogP contribution in [0.4, 0.5) is 11.4 Å². The highest BCUT2D eigenvalue weighted by molar-refractivity contribution is 8.15. The highest BCUT2D eigenvalue weighted by Crippen LogP contribution is 2.42. The topological polar surface area (TPSA) is 78.8 Å². The van der Waals surface area contributed by atoms with E-state index in [1.165, 1.54) is 11.8 Å². The number of sulfonamides is 1. The molecule has 134 valence electrons. The maximum Gasteiger partial charge on any atom is 0.257 e. The van der Waals surface area contributed by atoms with Crippen LogP contribution in [0.3, 0.4) is 0 Å². The van der Waals surface area contributed by atoms with Crippen molar-refractivity contribution >= 4 is 55.8 Å². The zero-order valence-electron chi connectivity index (χ0n) is 13.7. The first-order valence-corrected chi connectivity index (χ1v) is 10.6. The van der Waals surface area contributed by atoms with E-state index < -0.39 is 10.0 Å². The number of nitrogens with zero attached hydrogens (tertiary/aromatic N) is 2. The van der Waals surface area contributed by atoms with Crippen molar-refractivity contribution in [1.29, 1.82) is 0 Å². The first kappa shape index (κ1) is 17.4. The van der Waals surface area contributed by atoms with Crippen molar-refractivity contribution in [1.82, 2.24) is 0 Å². The molecule has 2 aromatic rings. The molecule has 26 heavy (non-hydrogen) atoms. The van der Waals surface area contributed by atoms with E-state index in [1.807, 2.05) is 24.0 Å². The lowest BCUT2D eigenvalue weighted by atomic mass is 10.1. The molecule has 2 aliphatic rings. The lowest BCUT2D eigenvalue weighted by Crippen LogP contribution is -2.35. The van der Waals surface area contributed by atoms with Crippen LogP contribution in [0.5, 0.6) is 0 Å². The van der Waals surface area contributed by atoms with Crippen molar-refractivity contribution in [2.45, 2.75) is 11.8 Å². The van der Waals surface area contributed by atoms with Gasteiger partial charge in [0.25, 0.3) is 15.9 Å². The summed E-state index contributed by atoms with van der Waals surface area (Å²) in [5.41, 5.74) is 2.89. The summed E-state index contributed by atoms with van der Waals surface area (Å²) >= 11 is 7.42. The molecule has 0 radical (unpaired) electrons. The maximum absolute atomic E-state index is 12.5. The fraction of sp³-hybridized carbons (Fsp3) is 0.176. The monoisotopic (exact) mass is 407 g/mol. The Bertz CT molecular complexity index is 1070. The summed E-state index contributed by atoms with van der Waals surface area (Å²) in [5.74, 6) is -0.288. The number of rotatable bonds is 2. The molecule has 6 nitrogen and oxygen atoms in total. The lowest BCUT2D eigenvalue weighted by Gasteiger charge is -2.22. The summed E-state index contributed by atoms with van der Waals surface area (Å²) in [5, 5.41) is 3.71. The summed E-state index contributed by atoms with van der Waals surface area (Å²) < 4.78 is 27.2. The molecule has 9 heteroatoms. The van der Waals surface area contributed by atoms with Gasteiger partial charge in [-0.1, -0.05) is 17.7 Å². The normalized spacial score (nSPS) is 17.3. The number of amides is 1. The molecule has 0 spiro atoms. The molecule has 2 aliphatic heterocycles. The van der Waals surface area contributed by atoms with Crippen LogP contribution in [-0.4, -0.2) is 31.8 Å².